The number of fused-ring (bicyclic) bond motifs is 1. The van der Waals surface area contributed by atoms with Crippen LogP contribution in [-0.2, 0) is 6.42 Å². The maximum absolute atomic E-state index is 12.8. The molecule has 0 saturated carbocycles. The summed E-state index contributed by atoms with van der Waals surface area (Å²) in [5.74, 6) is 2.53. The molecule has 3 heterocycles. The van der Waals surface area contributed by atoms with Crippen LogP contribution < -0.4 is 9.64 Å². The molecule has 1 fully saturated rings. The molecule has 0 atom stereocenters. The van der Waals surface area contributed by atoms with Crippen molar-refractivity contribution in [2.45, 2.75) is 20.3 Å². The van der Waals surface area contributed by atoms with Gasteiger partial charge in [-0.1, -0.05) is 13.0 Å². The number of hydrogen-bond acceptors (Lipinski definition) is 6. The molecule has 1 aliphatic heterocycles. The van der Waals surface area contributed by atoms with Crippen LogP contribution in [0.3, 0.4) is 0 Å². The van der Waals surface area contributed by atoms with Crippen molar-refractivity contribution in [3.63, 3.8) is 0 Å². The molecule has 1 amide bonds. The highest BCUT2D eigenvalue weighted by Gasteiger charge is 2.25. The number of hydrogen-bond donors (Lipinski definition) is 0. The summed E-state index contributed by atoms with van der Waals surface area (Å²) >= 11 is 1.74. The fraction of sp³-hybridized carbons (Fsp3) is 0.381. The average molecular weight is 397 g/mol. The molecule has 28 heavy (non-hydrogen) atoms. The van der Waals surface area contributed by atoms with E-state index in [0.717, 1.165) is 41.4 Å². The highest BCUT2D eigenvalue weighted by Crippen LogP contribution is 2.32. The Morgan fingerprint density at radius 2 is 1.96 bits per heavy atom. The van der Waals surface area contributed by atoms with E-state index in [9.17, 15) is 4.79 Å². The van der Waals surface area contributed by atoms with Gasteiger partial charge in [-0.25, -0.2) is 9.97 Å². The van der Waals surface area contributed by atoms with Gasteiger partial charge in [-0.2, -0.15) is 0 Å². The highest BCUT2D eigenvalue weighted by molar-refractivity contribution is 7.18. The van der Waals surface area contributed by atoms with Crippen LogP contribution in [0.5, 0.6) is 5.75 Å². The van der Waals surface area contributed by atoms with Gasteiger partial charge in [0.1, 0.15) is 22.2 Å². The molecule has 1 saturated heterocycles. The molecule has 0 unspecified atom stereocenters. The molecule has 0 bridgehead atoms. The summed E-state index contributed by atoms with van der Waals surface area (Å²) in [6.45, 7) is 6.97. The first-order chi connectivity index (χ1) is 13.6. The van der Waals surface area contributed by atoms with Crippen LogP contribution in [-0.4, -0.2) is 54.1 Å². The Bertz CT molecular complexity index is 1010. The number of methoxy groups -OCH3 is 1. The Balaban J connectivity index is 1.52. The predicted octanol–water partition coefficient (Wildman–Crippen LogP) is 3.53. The van der Waals surface area contributed by atoms with Crippen molar-refractivity contribution in [3.05, 3.63) is 46.6 Å². The number of carbonyl (C=O) groups excluding carboxylic acids is 1. The van der Waals surface area contributed by atoms with E-state index in [1.807, 2.05) is 30.0 Å². The number of carbonyl (C=O) groups is 1. The van der Waals surface area contributed by atoms with E-state index in [1.54, 1.807) is 24.5 Å². The van der Waals surface area contributed by atoms with Gasteiger partial charge in [-0.05, 0) is 37.6 Å². The molecule has 146 valence electrons. The van der Waals surface area contributed by atoms with E-state index in [-0.39, 0.29) is 5.91 Å². The fourth-order valence-electron chi connectivity index (χ4n) is 3.54. The summed E-state index contributed by atoms with van der Waals surface area (Å²) in [6, 6.07) is 9.55. The molecule has 0 radical (unpaired) electrons. The van der Waals surface area contributed by atoms with Gasteiger partial charge in [0.05, 0.1) is 12.5 Å². The highest BCUT2D eigenvalue weighted by atomic mass is 32.1. The first-order valence-corrected chi connectivity index (χ1v) is 10.4. The quantitative estimate of drug-likeness (QED) is 0.675. The number of nitrogens with zero attached hydrogens (tertiary/aromatic N) is 4. The molecular formula is C21H24N4O2S. The van der Waals surface area contributed by atoms with Crippen LogP contribution in [0.15, 0.2) is 30.3 Å². The fourth-order valence-corrected chi connectivity index (χ4v) is 4.54. The Kier molecular flexibility index (Phi) is 5.17. The minimum absolute atomic E-state index is 0.0476. The Hall–Kier alpha value is -2.67. The lowest BCUT2D eigenvalue weighted by Crippen LogP contribution is -2.49. The third-order valence-corrected chi connectivity index (χ3v) is 6.24. The van der Waals surface area contributed by atoms with Crippen molar-refractivity contribution in [3.8, 4) is 5.75 Å². The third-order valence-electron chi connectivity index (χ3n) is 5.07. The van der Waals surface area contributed by atoms with E-state index >= 15 is 0 Å². The van der Waals surface area contributed by atoms with Gasteiger partial charge < -0.3 is 14.5 Å². The number of ether oxygens (including phenoxy) is 1. The number of benzene rings is 1. The average Bonchev–Trinajstić information content (AvgIpc) is 3.16. The minimum atomic E-state index is 0.0476. The minimum Gasteiger partial charge on any atom is -0.497 e. The normalized spacial score (nSPS) is 14.5. The van der Waals surface area contributed by atoms with Crippen LogP contribution in [0.1, 0.15) is 28.0 Å². The van der Waals surface area contributed by atoms with E-state index in [2.05, 4.69) is 22.9 Å². The van der Waals surface area contributed by atoms with Crippen LogP contribution >= 0.6 is 11.3 Å². The van der Waals surface area contributed by atoms with Gasteiger partial charge in [0, 0.05) is 36.6 Å². The maximum Gasteiger partial charge on any atom is 0.254 e. The van der Waals surface area contributed by atoms with Gasteiger partial charge in [0.15, 0.2) is 0 Å². The van der Waals surface area contributed by atoms with Gasteiger partial charge in [0.2, 0.25) is 0 Å². The Morgan fingerprint density at radius 3 is 2.68 bits per heavy atom. The van der Waals surface area contributed by atoms with Crippen molar-refractivity contribution in [1.29, 1.82) is 0 Å². The largest absolute Gasteiger partial charge is 0.497 e. The number of thiophene rings is 1. The zero-order valence-corrected chi connectivity index (χ0v) is 17.3. The second-order valence-electron chi connectivity index (χ2n) is 6.89. The smallest absolute Gasteiger partial charge is 0.254 e. The molecule has 3 aromatic rings. The van der Waals surface area contributed by atoms with Crippen molar-refractivity contribution in [2.24, 2.45) is 0 Å². The number of amides is 1. The molecule has 0 N–H and O–H groups in total. The molecule has 1 aromatic carbocycles. The molecule has 1 aliphatic rings. The molecule has 7 heteroatoms. The Morgan fingerprint density at radius 1 is 1.18 bits per heavy atom. The SMILES string of the molecule is CCc1cc2c(N3CCN(C(=O)c4cccc(OC)c4)CC3)nc(C)nc2s1. The molecule has 4 rings (SSSR count). The van der Waals surface area contributed by atoms with Gasteiger partial charge in [-0.3, -0.25) is 4.79 Å². The summed E-state index contributed by atoms with van der Waals surface area (Å²) in [4.78, 5) is 28.7. The summed E-state index contributed by atoms with van der Waals surface area (Å²) in [6.07, 6.45) is 1.00. The zero-order chi connectivity index (χ0) is 19.7. The number of aryl methyl sites for hydroxylation is 2. The lowest BCUT2D eigenvalue weighted by Gasteiger charge is -2.35. The summed E-state index contributed by atoms with van der Waals surface area (Å²) in [7, 11) is 1.61. The number of aromatic nitrogens is 2. The number of piperazine rings is 1. The van der Waals surface area contributed by atoms with E-state index in [0.29, 0.717) is 24.4 Å². The number of rotatable bonds is 4. The van der Waals surface area contributed by atoms with Crippen molar-refractivity contribution >= 4 is 33.3 Å². The molecular weight excluding hydrogens is 372 g/mol. The van der Waals surface area contributed by atoms with Crippen molar-refractivity contribution in [2.75, 3.05) is 38.2 Å². The first kappa shape index (κ1) is 18.7. The standard InChI is InChI=1S/C21H24N4O2S/c1-4-17-13-18-19(22-14(2)23-20(18)28-17)24-8-10-25(11-9-24)21(26)15-6-5-7-16(12-15)27-3/h5-7,12-13H,4,8-11H2,1-3H3. The lowest BCUT2D eigenvalue weighted by molar-refractivity contribution is 0.0746. The monoisotopic (exact) mass is 396 g/mol. The van der Waals surface area contributed by atoms with Gasteiger partial charge in [0.25, 0.3) is 5.91 Å². The summed E-state index contributed by atoms with van der Waals surface area (Å²) < 4.78 is 5.24. The predicted molar refractivity (Wildman–Crippen MR) is 113 cm³/mol. The van der Waals surface area contributed by atoms with Crippen LogP contribution in [0.4, 0.5) is 5.82 Å². The summed E-state index contributed by atoms with van der Waals surface area (Å²) in [5.41, 5.74) is 0.665. The van der Waals surface area contributed by atoms with E-state index in [1.165, 1.54) is 4.88 Å². The third kappa shape index (κ3) is 3.54. The van der Waals surface area contributed by atoms with Crippen LogP contribution in [0.25, 0.3) is 10.2 Å². The van der Waals surface area contributed by atoms with E-state index < -0.39 is 0 Å². The van der Waals surface area contributed by atoms with E-state index in [4.69, 9.17) is 9.72 Å². The second kappa shape index (κ2) is 7.75. The molecule has 6 nitrogen and oxygen atoms in total. The van der Waals surface area contributed by atoms with Crippen molar-refractivity contribution in [1.82, 2.24) is 14.9 Å². The first-order valence-electron chi connectivity index (χ1n) is 9.54. The molecule has 0 aliphatic carbocycles. The van der Waals surface area contributed by atoms with Gasteiger partial charge >= 0.3 is 0 Å². The topological polar surface area (TPSA) is 58.6 Å². The lowest BCUT2D eigenvalue weighted by atomic mass is 10.1. The van der Waals surface area contributed by atoms with Crippen molar-refractivity contribution < 1.29 is 9.53 Å². The van der Waals surface area contributed by atoms with Crippen LogP contribution in [0, 0.1) is 6.92 Å². The molecule has 2 aromatic heterocycles. The van der Waals surface area contributed by atoms with Gasteiger partial charge in [-0.15, -0.1) is 11.3 Å². The second-order valence-corrected chi connectivity index (χ2v) is 8.01. The molecule has 0 spiro atoms. The zero-order valence-electron chi connectivity index (χ0n) is 16.4. The number of anilines is 1. The Labute approximate surface area is 168 Å². The maximum atomic E-state index is 12.8. The van der Waals surface area contributed by atoms with Crippen LogP contribution in [0.2, 0.25) is 0 Å². The summed E-state index contributed by atoms with van der Waals surface area (Å²) in [5, 5.41) is 1.13.